The molecule has 0 aliphatic carbocycles. The number of carbonyl (C=O) groups excluding carboxylic acids is 3. The van der Waals surface area contributed by atoms with Crippen molar-refractivity contribution in [1.29, 1.82) is 0 Å². The molecule has 0 saturated carbocycles. The van der Waals surface area contributed by atoms with Crippen LogP contribution in [0.25, 0.3) is 0 Å². The number of likely N-dealkylation sites (N-methyl/N-ethyl adjacent to an activating group) is 1. The zero-order chi connectivity index (χ0) is 24.8. The third kappa shape index (κ3) is 6.13. The molecule has 2 aromatic carbocycles. The summed E-state index contributed by atoms with van der Waals surface area (Å²) in [5, 5.41) is 0.428. The molecule has 35 heavy (non-hydrogen) atoms. The van der Waals surface area contributed by atoms with Gasteiger partial charge in [0.05, 0.1) is 10.7 Å². The molecular weight excluding hydrogens is 470 g/mol. The zero-order valence-electron chi connectivity index (χ0n) is 19.9. The van der Waals surface area contributed by atoms with E-state index in [0.29, 0.717) is 47.2 Å². The molecule has 2 aromatic rings. The van der Waals surface area contributed by atoms with Gasteiger partial charge in [-0.15, -0.1) is 0 Å². The number of ether oxygens (including phenoxy) is 2. The molecule has 0 spiro atoms. The zero-order valence-corrected chi connectivity index (χ0v) is 20.6. The summed E-state index contributed by atoms with van der Waals surface area (Å²) in [5.41, 5.74) is 0.942. The van der Waals surface area contributed by atoms with E-state index in [0.717, 1.165) is 32.7 Å². The molecule has 186 valence electrons. The number of nitrogens with zero attached hydrogens (tertiary/aromatic N) is 3. The fourth-order valence-corrected chi connectivity index (χ4v) is 4.46. The molecule has 8 nitrogen and oxygen atoms in total. The number of fused-ring (bicyclic) bond motifs is 1. The lowest BCUT2D eigenvalue weighted by atomic mass is 10.1. The first kappa shape index (κ1) is 25.0. The molecule has 2 aliphatic heterocycles. The first-order chi connectivity index (χ1) is 17.0. The molecule has 0 atom stereocenters. The lowest BCUT2D eigenvalue weighted by Gasteiger charge is -2.34. The predicted molar refractivity (Wildman–Crippen MR) is 133 cm³/mol. The molecule has 2 amide bonds. The Hall–Kier alpha value is -3.10. The van der Waals surface area contributed by atoms with Crippen molar-refractivity contribution in [2.75, 3.05) is 57.4 Å². The van der Waals surface area contributed by atoms with Crippen molar-refractivity contribution >= 4 is 34.9 Å². The smallest absolute Gasteiger partial charge is 0.265 e. The average molecular weight is 500 g/mol. The first-order valence-corrected chi connectivity index (χ1v) is 12.3. The molecule has 0 radical (unpaired) electrons. The average Bonchev–Trinajstić information content (AvgIpc) is 2.89. The van der Waals surface area contributed by atoms with Crippen LogP contribution >= 0.6 is 11.6 Å². The largest absolute Gasteiger partial charge is 0.484 e. The van der Waals surface area contributed by atoms with Crippen LogP contribution in [0.15, 0.2) is 42.5 Å². The first-order valence-electron chi connectivity index (χ1n) is 11.9. The maximum absolute atomic E-state index is 12.8. The van der Waals surface area contributed by atoms with Crippen LogP contribution in [-0.2, 0) is 9.59 Å². The third-order valence-corrected chi connectivity index (χ3v) is 6.68. The van der Waals surface area contributed by atoms with E-state index in [2.05, 4.69) is 11.8 Å². The summed E-state index contributed by atoms with van der Waals surface area (Å²) in [6.07, 6.45) is 0.905. The van der Waals surface area contributed by atoms with Crippen LogP contribution in [-0.4, -0.2) is 79.9 Å². The van der Waals surface area contributed by atoms with Gasteiger partial charge in [-0.25, -0.2) is 0 Å². The molecule has 1 fully saturated rings. The number of ketones is 1. The second-order valence-electron chi connectivity index (χ2n) is 8.58. The number of para-hydroxylation sites is 1. The summed E-state index contributed by atoms with van der Waals surface area (Å²) in [6, 6.07) is 11.9. The van der Waals surface area contributed by atoms with E-state index in [1.165, 1.54) is 0 Å². The quantitative estimate of drug-likeness (QED) is 0.493. The number of carbonyl (C=O) groups is 3. The Morgan fingerprint density at radius 3 is 2.60 bits per heavy atom. The topological polar surface area (TPSA) is 79.4 Å². The van der Waals surface area contributed by atoms with Crippen molar-refractivity contribution < 1.29 is 23.9 Å². The highest BCUT2D eigenvalue weighted by atomic mass is 35.5. The normalized spacial score (nSPS) is 16.0. The van der Waals surface area contributed by atoms with Gasteiger partial charge in [0.2, 0.25) is 5.91 Å². The minimum Gasteiger partial charge on any atom is -0.484 e. The van der Waals surface area contributed by atoms with Crippen LogP contribution in [0.5, 0.6) is 11.5 Å². The molecule has 9 heteroatoms. The van der Waals surface area contributed by atoms with Gasteiger partial charge in [0.1, 0.15) is 11.5 Å². The summed E-state index contributed by atoms with van der Waals surface area (Å²) < 4.78 is 11.1. The summed E-state index contributed by atoms with van der Waals surface area (Å²) in [5.74, 6) is 0.643. The lowest BCUT2D eigenvalue weighted by molar-refractivity contribution is -0.133. The number of amides is 2. The van der Waals surface area contributed by atoms with Gasteiger partial charge in [0.15, 0.2) is 19.0 Å². The van der Waals surface area contributed by atoms with Gasteiger partial charge in [-0.3, -0.25) is 14.4 Å². The Labute approximate surface area is 210 Å². The fourth-order valence-electron chi connectivity index (χ4n) is 4.27. The number of benzene rings is 2. The predicted octanol–water partition coefficient (Wildman–Crippen LogP) is 3.27. The second-order valence-corrected chi connectivity index (χ2v) is 8.98. The summed E-state index contributed by atoms with van der Waals surface area (Å²) >= 11 is 6.09. The summed E-state index contributed by atoms with van der Waals surface area (Å²) in [7, 11) is 0. The maximum atomic E-state index is 12.8. The van der Waals surface area contributed by atoms with E-state index in [-0.39, 0.29) is 30.8 Å². The van der Waals surface area contributed by atoms with Gasteiger partial charge < -0.3 is 24.2 Å². The fraction of sp³-hybridized carbons (Fsp3) is 0.423. The molecule has 0 N–H and O–H groups in total. The Morgan fingerprint density at radius 2 is 1.86 bits per heavy atom. The Balaban J connectivity index is 1.36. The van der Waals surface area contributed by atoms with Gasteiger partial charge in [-0.1, -0.05) is 30.7 Å². The van der Waals surface area contributed by atoms with Crippen molar-refractivity contribution in [2.24, 2.45) is 0 Å². The van der Waals surface area contributed by atoms with E-state index >= 15 is 0 Å². The maximum Gasteiger partial charge on any atom is 0.265 e. The Morgan fingerprint density at radius 1 is 1.09 bits per heavy atom. The molecule has 0 aromatic heterocycles. The standard InChI is InChI=1S/C26H30ClN3O5/c1-2-28-12-14-29(15-13-28)25(32)8-5-11-30-21-16-19(9-10-24(21)35-18-26(30)33)22(31)17-34-23-7-4-3-6-20(23)27/h3-4,6-7,9-10,16H,2,5,8,11-15,17-18H2,1H3. The van der Waals surface area contributed by atoms with Gasteiger partial charge >= 0.3 is 0 Å². The van der Waals surface area contributed by atoms with Crippen molar-refractivity contribution in [3.63, 3.8) is 0 Å². The number of hydrogen-bond acceptors (Lipinski definition) is 6. The lowest BCUT2D eigenvalue weighted by Crippen LogP contribution is -2.48. The van der Waals surface area contributed by atoms with Gasteiger partial charge in [0, 0.05) is 44.7 Å². The van der Waals surface area contributed by atoms with Gasteiger partial charge in [0.25, 0.3) is 5.91 Å². The van der Waals surface area contributed by atoms with Crippen LogP contribution in [0.3, 0.4) is 0 Å². The molecule has 1 saturated heterocycles. The minimum absolute atomic E-state index is 0.0666. The number of anilines is 1. The minimum atomic E-state index is -0.243. The summed E-state index contributed by atoms with van der Waals surface area (Å²) in [6.45, 7) is 6.53. The highest BCUT2D eigenvalue weighted by Crippen LogP contribution is 2.33. The van der Waals surface area contributed by atoms with E-state index in [1.54, 1.807) is 47.4 Å². The van der Waals surface area contributed by atoms with Crippen LogP contribution in [0.1, 0.15) is 30.1 Å². The molecule has 4 rings (SSSR count). The third-order valence-electron chi connectivity index (χ3n) is 6.36. The van der Waals surface area contributed by atoms with Crippen LogP contribution in [0.4, 0.5) is 5.69 Å². The van der Waals surface area contributed by atoms with E-state index in [1.807, 2.05) is 4.90 Å². The van der Waals surface area contributed by atoms with Gasteiger partial charge in [-0.05, 0) is 43.3 Å². The highest BCUT2D eigenvalue weighted by molar-refractivity contribution is 6.32. The number of halogens is 1. The van der Waals surface area contributed by atoms with Crippen molar-refractivity contribution in [1.82, 2.24) is 9.80 Å². The van der Waals surface area contributed by atoms with Crippen molar-refractivity contribution in [2.45, 2.75) is 19.8 Å². The molecule has 2 heterocycles. The van der Waals surface area contributed by atoms with Crippen LogP contribution < -0.4 is 14.4 Å². The van der Waals surface area contributed by atoms with Crippen LogP contribution in [0.2, 0.25) is 5.02 Å². The van der Waals surface area contributed by atoms with Crippen molar-refractivity contribution in [3.8, 4) is 11.5 Å². The monoisotopic (exact) mass is 499 g/mol. The Bertz CT molecular complexity index is 1080. The molecule has 2 aliphatic rings. The SMILES string of the molecule is CCN1CCN(C(=O)CCCN2C(=O)COc3ccc(C(=O)COc4ccccc4Cl)cc32)CC1. The second kappa shape index (κ2) is 11.6. The van der Waals surface area contributed by atoms with Gasteiger partial charge in [-0.2, -0.15) is 0 Å². The Kier molecular flexibility index (Phi) is 8.25. The number of piperazine rings is 1. The molecule has 0 unspecified atom stereocenters. The van der Waals surface area contributed by atoms with Crippen LogP contribution in [0, 0.1) is 0 Å². The highest BCUT2D eigenvalue weighted by Gasteiger charge is 2.27. The number of Topliss-reactive ketones (excluding diaryl/α,β-unsaturated/α-hetero) is 1. The molecule has 0 bridgehead atoms. The van der Waals surface area contributed by atoms with E-state index in [9.17, 15) is 14.4 Å². The molecular formula is C26H30ClN3O5. The van der Waals surface area contributed by atoms with Crippen molar-refractivity contribution in [3.05, 3.63) is 53.1 Å². The summed E-state index contributed by atoms with van der Waals surface area (Å²) in [4.78, 5) is 43.8. The number of rotatable bonds is 9. The number of hydrogen-bond donors (Lipinski definition) is 0. The van der Waals surface area contributed by atoms with E-state index < -0.39 is 0 Å². The van der Waals surface area contributed by atoms with E-state index in [4.69, 9.17) is 21.1 Å².